The first kappa shape index (κ1) is 29.4. The molecule has 3 aromatic rings. The van der Waals surface area contributed by atoms with Gasteiger partial charge in [-0.2, -0.15) is 0 Å². The van der Waals surface area contributed by atoms with Crippen LogP contribution in [0.2, 0.25) is 0 Å². The summed E-state index contributed by atoms with van der Waals surface area (Å²) in [5, 5.41) is 1.13. The Labute approximate surface area is 210 Å². The van der Waals surface area contributed by atoms with Crippen LogP contribution >= 0.6 is 12.2 Å². The second-order valence-electron chi connectivity index (χ2n) is 7.84. The Morgan fingerprint density at radius 2 is 1.97 bits per heavy atom. The van der Waals surface area contributed by atoms with Crippen LogP contribution in [0.1, 0.15) is 63.1 Å². The Morgan fingerprint density at radius 3 is 2.50 bits per heavy atom. The van der Waals surface area contributed by atoms with Crippen molar-refractivity contribution in [3.63, 3.8) is 0 Å². The minimum Gasteiger partial charge on any atom is -0.393 e. The molecule has 3 rings (SSSR count). The van der Waals surface area contributed by atoms with Gasteiger partial charge in [0.25, 0.3) is 0 Å². The van der Waals surface area contributed by atoms with Crippen molar-refractivity contribution in [2.75, 3.05) is 20.8 Å². The average molecular weight is 484 g/mol. The number of nitrogens with zero attached hydrogens (tertiary/aromatic N) is 4. The summed E-state index contributed by atoms with van der Waals surface area (Å²) >= 11 is 4.64. The van der Waals surface area contributed by atoms with Crippen molar-refractivity contribution in [2.45, 2.75) is 59.8 Å². The molecule has 1 aromatic carbocycles. The van der Waals surface area contributed by atoms with Crippen LogP contribution in [0, 0.1) is 6.92 Å². The lowest BCUT2D eigenvalue weighted by molar-refractivity contribution is 0.195. The standard InChI is InChI=1S/C20H24N4O.C5H11NS.C2H6/c1-14-8-18-17(9-15(14)6-5-7-25-4)16(11-21-2)10-19(23-18)20-12-22-13-24(20)3;1-2-3-4-5(6)7;1-2/h8-13H,5-7H2,1-4H3;2-4H2,1H3,(H2,6,7);1-2H3. The van der Waals surface area contributed by atoms with Crippen molar-refractivity contribution >= 4 is 34.3 Å². The van der Waals surface area contributed by atoms with Gasteiger partial charge in [0, 0.05) is 45.0 Å². The smallest absolute Gasteiger partial charge is 0.0948 e. The number of hydrogen-bond acceptors (Lipinski definition) is 5. The lowest BCUT2D eigenvalue weighted by atomic mass is 9.98. The maximum Gasteiger partial charge on any atom is 0.0948 e. The summed E-state index contributed by atoms with van der Waals surface area (Å²) in [6, 6.07) is 6.50. The fourth-order valence-corrected chi connectivity index (χ4v) is 3.60. The third-order valence-electron chi connectivity index (χ3n) is 5.22. The zero-order valence-corrected chi connectivity index (χ0v) is 22.7. The van der Waals surface area contributed by atoms with Gasteiger partial charge in [-0.05, 0) is 61.9 Å². The van der Waals surface area contributed by atoms with E-state index in [-0.39, 0.29) is 0 Å². The predicted octanol–water partition coefficient (Wildman–Crippen LogP) is 6.06. The third kappa shape index (κ3) is 8.95. The number of methoxy groups -OCH3 is 1. The largest absolute Gasteiger partial charge is 0.393 e. The summed E-state index contributed by atoms with van der Waals surface area (Å²) in [5.41, 5.74) is 11.8. The molecule has 0 saturated carbocycles. The van der Waals surface area contributed by atoms with E-state index >= 15 is 0 Å². The van der Waals surface area contributed by atoms with E-state index in [0.717, 1.165) is 60.1 Å². The zero-order valence-electron chi connectivity index (χ0n) is 21.9. The van der Waals surface area contributed by atoms with Gasteiger partial charge in [0.15, 0.2) is 0 Å². The molecule has 0 spiro atoms. The Hall–Kier alpha value is -2.64. The maximum atomic E-state index is 5.21. The second-order valence-corrected chi connectivity index (χ2v) is 8.36. The molecule has 2 N–H and O–H groups in total. The highest BCUT2D eigenvalue weighted by molar-refractivity contribution is 7.80. The lowest BCUT2D eigenvalue weighted by Gasteiger charge is -2.12. The molecule has 7 heteroatoms. The van der Waals surface area contributed by atoms with Crippen molar-refractivity contribution in [3.8, 4) is 11.4 Å². The quantitative estimate of drug-likeness (QED) is 0.227. The van der Waals surface area contributed by atoms with Crippen LogP contribution in [0.3, 0.4) is 0 Å². The van der Waals surface area contributed by atoms with Crippen LogP contribution in [0.15, 0.2) is 35.7 Å². The van der Waals surface area contributed by atoms with Crippen LogP contribution in [-0.2, 0) is 18.2 Å². The Kier molecular flexibility index (Phi) is 13.9. The molecule has 2 aromatic heterocycles. The minimum absolute atomic E-state index is 0.641. The molecule has 0 amide bonds. The van der Waals surface area contributed by atoms with Gasteiger partial charge in [0.1, 0.15) is 0 Å². The summed E-state index contributed by atoms with van der Waals surface area (Å²) in [5.74, 6) is 0. The number of fused-ring (bicyclic) bond motifs is 1. The molecule has 0 aliphatic rings. The van der Waals surface area contributed by atoms with Gasteiger partial charge in [-0.15, -0.1) is 0 Å². The van der Waals surface area contributed by atoms with Crippen molar-refractivity contribution in [3.05, 3.63) is 47.4 Å². The van der Waals surface area contributed by atoms with E-state index < -0.39 is 0 Å². The zero-order chi connectivity index (χ0) is 25.5. The number of thiocarbonyl (C=S) groups is 1. The second kappa shape index (κ2) is 16.1. The number of pyridine rings is 1. The topological polar surface area (TPSA) is 78.3 Å². The highest BCUT2D eigenvalue weighted by atomic mass is 32.1. The van der Waals surface area contributed by atoms with E-state index in [1.165, 1.54) is 17.5 Å². The summed E-state index contributed by atoms with van der Waals surface area (Å²) in [7, 11) is 5.52. The highest BCUT2D eigenvalue weighted by Crippen LogP contribution is 2.27. The van der Waals surface area contributed by atoms with E-state index in [0.29, 0.717) is 4.99 Å². The molecule has 2 heterocycles. The summed E-state index contributed by atoms with van der Waals surface area (Å²) in [6.45, 7) is 9.05. The Balaban J connectivity index is 0.000000553. The van der Waals surface area contributed by atoms with E-state index in [1.54, 1.807) is 20.5 Å². The molecule has 0 aliphatic heterocycles. The molecule has 0 fully saturated rings. The first-order valence-corrected chi connectivity index (χ1v) is 12.4. The van der Waals surface area contributed by atoms with Crippen molar-refractivity contribution < 1.29 is 4.74 Å². The highest BCUT2D eigenvalue weighted by Gasteiger charge is 2.11. The number of hydrogen-bond donors (Lipinski definition) is 1. The van der Waals surface area contributed by atoms with Crippen LogP contribution in [0.4, 0.5) is 0 Å². The molecule has 0 radical (unpaired) electrons. The summed E-state index contributed by atoms with van der Waals surface area (Å²) in [4.78, 5) is 14.0. The normalized spacial score (nSPS) is 10.6. The van der Waals surface area contributed by atoms with Crippen LogP contribution in [0.25, 0.3) is 22.3 Å². The molecule has 186 valence electrons. The van der Waals surface area contributed by atoms with E-state index in [4.69, 9.17) is 15.5 Å². The van der Waals surface area contributed by atoms with Gasteiger partial charge in [0.05, 0.1) is 34.4 Å². The molecular formula is C27H41N5OS. The Morgan fingerprint density at radius 1 is 1.24 bits per heavy atom. The number of aliphatic imine (C=N–C) groups is 1. The van der Waals surface area contributed by atoms with Gasteiger partial charge in [-0.1, -0.05) is 39.4 Å². The molecule has 0 atom stereocenters. The molecular weight excluding hydrogens is 442 g/mol. The number of aromatic nitrogens is 3. The average Bonchev–Trinajstić information content (AvgIpc) is 3.26. The molecule has 0 bridgehead atoms. The third-order valence-corrected chi connectivity index (χ3v) is 5.42. The number of imidazole rings is 1. The van der Waals surface area contributed by atoms with Crippen molar-refractivity contribution in [1.29, 1.82) is 0 Å². The molecule has 6 nitrogen and oxygen atoms in total. The maximum absolute atomic E-state index is 5.21. The van der Waals surface area contributed by atoms with Gasteiger partial charge < -0.3 is 15.0 Å². The number of benzene rings is 1. The van der Waals surface area contributed by atoms with Crippen LogP contribution in [-0.4, -0.2) is 46.5 Å². The first-order valence-electron chi connectivity index (χ1n) is 12.0. The molecule has 34 heavy (non-hydrogen) atoms. The van der Waals surface area contributed by atoms with Crippen LogP contribution in [0.5, 0.6) is 0 Å². The van der Waals surface area contributed by atoms with E-state index in [1.807, 2.05) is 37.9 Å². The van der Waals surface area contributed by atoms with Crippen molar-refractivity contribution in [1.82, 2.24) is 14.5 Å². The SMILES string of the molecule is CC.CCCCC(N)=S.CN=Cc1cc(-c2cncn2C)nc2cc(C)c(CCCOC)cc12. The lowest BCUT2D eigenvalue weighted by Crippen LogP contribution is -2.06. The summed E-state index contributed by atoms with van der Waals surface area (Å²) in [6.07, 6.45) is 10.8. The minimum atomic E-state index is 0.641. The number of unbranched alkanes of at least 4 members (excludes halogenated alkanes) is 1. The molecule has 0 unspecified atom stereocenters. The number of aryl methyl sites for hydroxylation is 3. The number of ether oxygens (including phenoxy) is 1. The first-order chi connectivity index (χ1) is 16.4. The van der Waals surface area contributed by atoms with Crippen LogP contribution < -0.4 is 5.73 Å². The number of rotatable bonds is 9. The van der Waals surface area contributed by atoms with E-state index in [2.05, 4.69) is 54.2 Å². The predicted molar refractivity (Wildman–Crippen MR) is 150 cm³/mol. The molecule has 0 saturated heterocycles. The van der Waals surface area contributed by atoms with Gasteiger partial charge in [0.2, 0.25) is 0 Å². The molecule has 0 aliphatic carbocycles. The van der Waals surface area contributed by atoms with Gasteiger partial charge in [-0.3, -0.25) is 4.99 Å². The fraction of sp³-hybridized carbons (Fsp3) is 0.481. The van der Waals surface area contributed by atoms with E-state index in [9.17, 15) is 0 Å². The van der Waals surface area contributed by atoms with Crippen molar-refractivity contribution in [2.24, 2.45) is 17.8 Å². The monoisotopic (exact) mass is 483 g/mol. The van der Waals surface area contributed by atoms with Gasteiger partial charge >= 0.3 is 0 Å². The Bertz CT molecular complexity index is 1060. The van der Waals surface area contributed by atoms with Gasteiger partial charge in [-0.25, -0.2) is 9.97 Å². The number of nitrogens with two attached hydrogens (primary N) is 1. The fourth-order valence-electron chi connectivity index (χ4n) is 3.46. The summed E-state index contributed by atoms with van der Waals surface area (Å²) < 4.78 is 7.16.